The zero-order chi connectivity index (χ0) is 17.2. The molecule has 0 fully saturated rings. The smallest absolute Gasteiger partial charge is 0.319 e. The Bertz CT molecular complexity index is 495. The molecule has 0 aliphatic rings. The highest BCUT2D eigenvalue weighted by molar-refractivity contribution is 5.89. The fourth-order valence-corrected chi connectivity index (χ4v) is 2.42. The summed E-state index contributed by atoms with van der Waals surface area (Å²) in [7, 11) is 0. The molecule has 0 aromatic heterocycles. The molecule has 0 radical (unpaired) electrons. The third kappa shape index (κ3) is 7.32. The highest BCUT2D eigenvalue weighted by Gasteiger charge is 2.13. The van der Waals surface area contributed by atoms with Gasteiger partial charge in [0.2, 0.25) is 0 Å². The molecule has 0 aliphatic carbocycles. The van der Waals surface area contributed by atoms with Gasteiger partial charge in [0.05, 0.1) is 6.61 Å². The van der Waals surface area contributed by atoms with Crippen LogP contribution >= 0.6 is 0 Å². The van der Waals surface area contributed by atoms with Gasteiger partial charge >= 0.3 is 6.03 Å². The Kier molecular flexibility index (Phi) is 8.40. The highest BCUT2D eigenvalue weighted by Crippen LogP contribution is 2.21. The minimum atomic E-state index is -0.511. The molecule has 0 saturated heterocycles. The van der Waals surface area contributed by atoms with Crippen LogP contribution in [0.4, 0.5) is 14.9 Å². The van der Waals surface area contributed by atoms with Crippen molar-refractivity contribution < 1.29 is 19.0 Å². The van der Waals surface area contributed by atoms with Gasteiger partial charge in [-0.3, -0.25) is 0 Å². The number of aliphatic hydroxyl groups is 1. The minimum Gasteiger partial charge on any atom is -0.491 e. The third-order valence-corrected chi connectivity index (χ3v) is 3.38. The molecule has 1 aromatic carbocycles. The second-order valence-corrected chi connectivity index (χ2v) is 5.92. The fraction of sp³-hybridized carbons (Fsp3) is 0.588. The largest absolute Gasteiger partial charge is 0.491 e. The Balaban J connectivity index is 2.50. The Labute approximate surface area is 137 Å². The number of rotatable bonds is 9. The Morgan fingerprint density at radius 2 is 2.13 bits per heavy atom. The molecule has 5 nitrogen and oxygen atoms in total. The molecule has 23 heavy (non-hydrogen) atoms. The first-order valence-corrected chi connectivity index (χ1v) is 8.04. The van der Waals surface area contributed by atoms with E-state index < -0.39 is 5.82 Å². The van der Waals surface area contributed by atoms with Crippen molar-refractivity contribution in [2.24, 2.45) is 11.8 Å². The van der Waals surface area contributed by atoms with Crippen molar-refractivity contribution in [1.82, 2.24) is 5.32 Å². The first-order valence-electron chi connectivity index (χ1n) is 8.04. The normalized spacial score (nSPS) is 12.1. The molecule has 0 bridgehead atoms. The summed E-state index contributed by atoms with van der Waals surface area (Å²) in [4.78, 5) is 11.9. The van der Waals surface area contributed by atoms with E-state index in [4.69, 9.17) is 9.84 Å². The topological polar surface area (TPSA) is 70.6 Å². The van der Waals surface area contributed by atoms with Gasteiger partial charge in [-0.25, -0.2) is 9.18 Å². The summed E-state index contributed by atoms with van der Waals surface area (Å²) >= 11 is 0. The molecule has 0 aliphatic heterocycles. The molecular formula is C17H27FN2O3. The summed E-state index contributed by atoms with van der Waals surface area (Å²) in [6.07, 6.45) is 1.58. The van der Waals surface area contributed by atoms with Gasteiger partial charge in [-0.05, 0) is 43.7 Å². The van der Waals surface area contributed by atoms with Crippen molar-refractivity contribution in [3.63, 3.8) is 0 Å². The maximum Gasteiger partial charge on any atom is 0.319 e. The SMILES string of the molecule is CCOc1ccc(NC(=O)NCC(CCO)CC(C)C)cc1F. The summed E-state index contributed by atoms with van der Waals surface area (Å²) in [6.45, 7) is 6.94. The lowest BCUT2D eigenvalue weighted by molar-refractivity contribution is 0.231. The van der Waals surface area contributed by atoms with Gasteiger partial charge in [0.15, 0.2) is 11.6 Å². The average Bonchev–Trinajstić information content (AvgIpc) is 2.47. The summed E-state index contributed by atoms with van der Waals surface area (Å²) in [6, 6.07) is 3.92. The van der Waals surface area contributed by atoms with Crippen molar-refractivity contribution >= 4 is 11.7 Å². The maximum atomic E-state index is 13.7. The molecule has 2 amide bonds. The van der Waals surface area contributed by atoms with Crippen LogP contribution in [-0.2, 0) is 0 Å². The van der Waals surface area contributed by atoms with Gasteiger partial charge in [0, 0.05) is 24.9 Å². The van der Waals surface area contributed by atoms with Gasteiger partial charge in [0.25, 0.3) is 0 Å². The zero-order valence-electron chi connectivity index (χ0n) is 14.1. The van der Waals surface area contributed by atoms with Crippen molar-refractivity contribution in [2.45, 2.75) is 33.6 Å². The van der Waals surface area contributed by atoms with Crippen LogP contribution in [0.15, 0.2) is 18.2 Å². The van der Waals surface area contributed by atoms with Crippen molar-refractivity contribution in [3.05, 3.63) is 24.0 Å². The van der Waals surface area contributed by atoms with Crippen LogP contribution in [0, 0.1) is 17.7 Å². The predicted octanol–water partition coefficient (Wildman–Crippen LogP) is 3.39. The van der Waals surface area contributed by atoms with E-state index in [9.17, 15) is 9.18 Å². The summed E-state index contributed by atoms with van der Waals surface area (Å²) in [5.74, 6) is 0.375. The predicted molar refractivity (Wildman–Crippen MR) is 89.2 cm³/mol. The van der Waals surface area contributed by atoms with Crippen molar-refractivity contribution in [3.8, 4) is 5.75 Å². The first kappa shape index (κ1) is 19.2. The number of hydrogen-bond donors (Lipinski definition) is 3. The maximum absolute atomic E-state index is 13.7. The van der Waals surface area contributed by atoms with Gasteiger partial charge < -0.3 is 20.5 Å². The van der Waals surface area contributed by atoms with E-state index in [1.807, 2.05) is 0 Å². The number of amides is 2. The number of aliphatic hydroxyl groups excluding tert-OH is 1. The molecule has 0 spiro atoms. The number of anilines is 1. The Morgan fingerprint density at radius 3 is 2.70 bits per heavy atom. The molecule has 1 aromatic rings. The van der Waals surface area contributed by atoms with E-state index in [1.165, 1.54) is 12.1 Å². The lowest BCUT2D eigenvalue weighted by Gasteiger charge is -2.19. The summed E-state index contributed by atoms with van der Waals surface area (Å²) in [5, 5.41) is 14.4. The lowest BCUT2D eigenvalue weighted by atomic mass is 9.94. The van der Waals surface area contributed by atoms with E-state index in [1.54, 1.807) is 13.0 Å². The summed E-state index contributed by atoms with van der Waals surface area (Å²) in [5.41, 5.74) is 0.367. The van der Waals surface area contributed by atoms with Crippen molar-refractivity contribution in [2.75, 3.05) is 25.1 Å². The first-order chi connectivity index (χ1) is 11.0. The molecule has 1 atom stereocenters. The molecular weight excluding hydrogens is 299 g/mol. The van der Waals surface area contributed by atoms with Crippen LogP contribution in [-0.4, -0.2) is 30.9 Å². The molecule has 130 valence electrons. The molecule has 1 rings (SSSR count). The second-order valence-electron chi connectivity index (χ2n) is 5.92. The van der Waals surface area contributed by atoms with Crippen LogP contribution in [0.1, 0.15) is 33.6 Å². The van der Waals surface area contributed by atoms with Gasteiger partial charge in [-0.15, -0.1) is 0 Å². The summed E-state index contributed by atoms with van der Waals surface area (Å²) < 4.78 is 18.8. The van der Waals surface area contributed by atoms with E-state index in [-0.39, 0.29) is 24.3 Å². The Hall–Kier alpha value is -1.82. The molecule has 0 heterocycles. The molecule has 1 unspecified atom stereocenters. The van der Waals surface area contributed by atoms with E-state index in [2.05, 4.69) is 24.5 Å². The number of ether oxygens (including phenoxy) is 1. The van der Waals surface area contributed by atoms with Crippen LogP contribution in [0.5, 0.6) is 5.75 Å². The van der Waals surface area contributed by atoms with Crippen LogP contribution in [0.3, 0.4) is 0 Å². The second kappa shape index (κ2) is 10.0. The van der Waals surface area contributed by atoms with E-state index in [0.717, 1.165) is 6.42 Å². The van der Waals surface area contributed by atoms with Crippen molar-refractivity contribution in [1.29, 1.82) is 0 Å². The molecule has 3 N–H and O–H groups in total. The highest BCUT2D eigenvalue weighted by atomic mass is 19.1. The van der Waals surface area contributed by atoms with Crippen LogP contribution < -0.4 is 15.4 Å². The number of hydrogen-bond acceptors (Lipinski definition) is 3. The van der Waals surface area contributed by atoms with Gasteiger partial charge in [0.1, 0.15) is 0 Å². The fourth-order valence-electron chi connectivity index (χ4n) is 2.42. The number of halogens is 1. The molecule has 6 heteroatoms. The van der Waals surface area contributed by atoms with Crippen LogP contribution in [0.25, 0.3) is 0 Å². The number of nitrogens with one attached hydrogen (secondary N) is 2. The number of carbonyl (C=O) groups excluding carboxylic acids is 1. The minimum absolute atomic E-state index is 0.102. The van der Waals surface area contributed by atoms with Gasteiger partial charge in [-0.1, -0.05) is 13.8 Å². The van der Waals surface area contributed by atoms with Crippen LogP contribution in [0.2, 0.25) is 0 Å². The number of benzene rings is 1. The van der Waals surface area contributed by atoms with E-state index >= 15 is 0 Å². The monoisotopic (exact) mass is 326 g/mol. The van der Waals surface area contributed by atoms with Gasteiger partial charge in [-0.2, -0.15) is 0 Å². The number of urea groups is 1. The number of carbonyl (C=O) groups is 1. The Morgan fingerprint density at radius 1 is 1.39 bits per heavy atom. The lowest BCUT2D eigenvalue weighted by Crippen LogP contribution is -2.33. The zero-order valence-corrected chi connectivity index (χ0v) is 14.1. The molecule has 0 saturated carbocycles. The van der Waals surface area contributed by atoms with E-state index in [0.29, 0.717) is 31.2 Å². The standard InChI is InChI=1S/C17H27FN2O3/c1-4-23-16-6-5-14(10-15(16)18)20-17(22)19-11-13(7-8-21)9-12(2)3/h5-6,10,12-13,21H,4,7-9,11H2,1-3H3,(H2,19,20,22). The third-order valence-electron chi connectivity index (χ3n) is 3.38. The quantitative estimate of drug-likeness (QED) is 0.651. The average molecular weight is 326 g/mol.